The summed E-state index contributed by atoms with van der Waals surface area (Å²) in [5.74, 6) is -0.230. The highest BCUT2D eigenvalue weighted by Gasteiger charge is 2.33. The molecule has 2 rings (SSSR count). The molecule has 0 saturated carbocycles. The van der Waals surface area contributed by atoms with Crippen molar-refractivity contribution >= 4 is 27.7 Å². The van der Waals surface area contributed by atoms with Crippen LogP contribution in [-0.4, -0.2) is 55.9 Å². The van der Waals surface area contributed by atoms with Gasteiger partial charge in [-0.05, 0) is 19.1 Å². The van der Waals surface area contributed by atoms with E-state index in [1.807, 2.05) is 0 Å². The predicted molar refractivity (Wildman–Crippen MR) is 78.8 cm³/mol. The van der Waals surface area contributed by atoms with E-state index in [0.29, 0.717) is 0 Å². The fourth-order valence-corrected chi connectivity index (χ4v) is 2.96. The van der Waals surface area contributed by atoms with Crippen molar-refractivity contribution in [2.75, 3.05) is 19.7 Å². The number of ether oxygens (including phenoxy) is 1. The predicted octanol–water partition coefficient (Wildman–Crippen LogP) is 0.710. The van der Waals surface area contributed by atoms with Crippen molar-refractivity contribution in [3.8, 4) is 0 Å². The number of carbonyl (C=O) groups is 2. The second kappa shape index (κ2) is 6.93. The molecule has 0 unspecified atom stereocenters. The molecule has 0 spiro atoms. The zero-order valence-corrected chi connectivity index (χ0v) is 13.4. The second-order valence-electron chi connectivity index (χ2n) is 5.08. The lowest BCUT2D eigenvalue weighted by molar-refractivity contribution is -0.384. The molecule has 24 heavy (non-hydrogen) atoms. The lowest BCUT2D eigenvalue weighted by Crippen LogP contribution is -2.31. The summed E-state index contributed by atoms with van der Waals surface area (Å²) in [5, 5.41) is 10.5. The van der Waals surface area contributed by atoms with Crippen LogP contribution in [0, 0.1) is 10.1 Å². The van der Waals surface area contributed by atoms with E-state index in [1.54, 1.807) is 0 Å². The van der Waals surface area contributed by atoms with Crippen molar-refractivity contribution in [1.29, 1.82) is 0 Å². The van der Waals surface area contributed by atoms with E-state index in [1.165, 1.54) is 6.92 Å². The van der Waals surface area contributed by atoms with E-state index in [2.05, 4.69) is 0 Å². The Labute approximate surface area is 137 Å². The number of non-ortho nitro benzene ring substituents is 1. The molecule has 1 amide bonds. The first-order valence-corrected chi connectivity index (χ1v) is 8.19. The van der Waals surface area contributed by atoms with Gasteiger partial charge in [-0.1, -0.05) is 0 Å². The van der Waals surface area contributed by atoms with Crippen LogP contribution in [0.15, 0.2) is 29.2 Å². The molecule has 1 aliphatic rings. The monoisotopic (exact) mass is 358 g/mol. The fraction of sp³-hybridized carbons (Fsp3) is 0.385. The Morgan fingerprint density at radius 1 is 1.42 bits per heavy atom. The summed E-state index contributed by atoms with van der Waals surface area (Å²) in [6.07, 6.45) is -1.55. The van der Waals surface area contributed by atoms with E-state index >= 15 is 0 Å². The van der Waals surface area contributed by atoms with Crippen molar-refractivity contribution in [3.05, 3.63) is 34.4 Å². The van der Waals surface area contributed by atoms with Crippen LogP contribution >= 0.6 is 0 Å². The van der Waals surface area contributed by atoms with Crippen molar-refractivity contribution in [2.24, 2.45) is 0 Å². The van der Waals surface area contributed by atoms with Gasteiger partial charge >= 0.3 is 6.09 Å². The van der Waals surface area contributed by atoms with Gasteiger partial charge in [0.05, 0.1) is 22.9 Å². The van der Waals surface area contributed by atoms with Crippen molar-refractivity contribution < 1.29 is 31.9 Å². The highest BCUT2D eigenvalue weighted by atomic mass is 32.2. The van der Waals surface area contributed by atoms with Crippen molar-refractivity contribution in [3.63, 3.8) is 0 Å². The van der Waals surface area contributed by atoms with Crippen LogP contribution in [-0.2, 0) is 23.8 Å². The van der Waals surface area contributed by atoms with Gasteiger partial charge in [-0.25, -0.2) is 4.79 Å². The van der Waals surface area contributed by atoms with Gasteiger partial charge in [-0.3, -0.25) is 24.0 Å². The molecule has 1 aliphatic heterocycles. The zero-order chi connectivity index (χ0) is 17.9. The average Bonchev–Trinajstić information content (AvgIpc) is 2.85. The minimum Gasteiger partial charge on any atom is -0.442 e. The Morgan fingerprint density at radius 2 is 2.04 bits per heavy atom. The zero-order valence-electron chi connectivity index (χ0n) is 12.6. The largest absolute Gasteiger partial charge is 0.442 e. The maximum Gasteiger partial charge on any atom is 0.410 e. The summed E-state index contributed by atoms with van der Waals surface area (Å²) in [4.78, 5) is 33.3. The molecule has 1 aromatic rings. The van der Waals surface area contributed by atoms with Gasteiger partial charge in [0.1, 0.15) is 18.5 Å². The normalized spacial score (nSPS) is 17.6. The van der Waals surface area contributed by atoms with Crippen molar-refractivity contribution in [2.45, 2.75) is 17.9 Å². The van der Waals surface area contributed by atoms with Crippen LogP contribution in [0.3, 0.4) is 0 Å². The Hall–Kier alpha value is -2.53. The molecule has 10 nitrogen and oxygen atoms in total. The minimum absolute atomic E-state index is 0.0359. The molecule has 0 N–H and O–H groups in total. The molecular formula is C13H14N2O8S. The Kier molecular flexibility index (Phi) is 5.14. The number of amides is 1. The first-order chi connectivity index (χ1) is 11.2. The standard InChI is InChI=1S/C13H14N2O8S/c1-9(16)6-14-7-11(23-13(14)17)8-22-24(20,21)12-4-2-10(3-5-12)15(18)19/h2-5,11H,6-8H2,1H3/t11-/m0/s1. The summed E-state index contributed by atoms with van der Waals surface area (Å²) in [6, 6.07) is 4.19. The maximum atomic E-state index is 12.0. The maximum absolute atomic E-state index is 12.0. The number of benzene rings is 1. The number of cyclic esters (lactones) is 1. The van der Waals surface area contributed by atoms with Gasteiger partial charge in [-0.2, -0.15) is 8.42 Å². The molecule has 1 aromatic carbocycles. The van der Waals surface area contributed by atoms with E-state index in [9.17, 15) is 28.1 Å². The smallest absolute Gasteiger partial charge is 0.410 e. The first kappa shape index (κ1) is 17.8. The lowest BCUT2D eigenvalue weighted by Gasteiger charge is -2.10. The molecule has 0 bridgehead atoms. The number of nitro benzene ring substituents is 1. The Bertz CT molecular complexity index is 759. The molecular weight excluding hydrogens is 344 g/mol. The highest BCUT2D eigenvalue weighted by molar-refractivity contribution is 7.86. The van der Waals surface area contributed by atoms with Gasteiger partial charge in [0.25, 0.3) is 15.8 Å². The molecule has 1 heterocycles. The van der Waals surface area contributed by atoms with Gasteiger partial charge in [0, 0.05) is 12.1 Å². The van der Waals surface area contributed by atoms with E-state index in [0.717, 1.165) is 29.2 Å². The molecule has 0 aromatic heterocycles. The minimum atomic E-state index is -4.15. The number of Topliss-reactive ketones (excluding diaryl/α,β-unsaturated/α-hetero) is 1. The lowest BCUT2D eigenvalue weighted by atomic mass is 10.3. The summed E-state index contributed by atoms with van der Waals surface area (Å²) in [5.41, 5.74) is -0.251. The molecule has 130 valence electrons. The Morgan fingerprint density at radius 3 is 2.58 bits per heavy atom. The summed E-state index contributed by atoms with van der Waals surface area (Å²) < 4.78 is 33.7. The average molecular weight is 358 g/mol. The van der Waals surface area contributed by atoms with Crippen molar-refractivity contribution in [1.82, 2.24) is 4.90 Å². The third-order valence-corrected chi connectivity index (χ3v) is 4.40. The summed E-state index contributed by atoms with van der Waals surface area (Å²) >= 11 is 0. The molecule has 1 fully saturated rings. The van der Waals surface area contributed by atoms with E-state index in [-0.39, 0.29) is 29.5 Å². The van der Waals surface area contributed by atoms with Gasteiger partial charge < -0.3 is 4.74 Å². The quantitative estimate of drug-likeness (QED) is 0.395. The molecule has 0 aliphatic carbocycles. The second-order valence-corrected chi connectivity index (χ2v) is 6.69. The van der Waals surface area contributed by atoms with Crippen LogP contribution in [0.4, 0.5) is 10.5 Å². The van der Waals surface area contributed by atoms with Crippen LogP contribution in [0.25, 0.3) is 0 Å². The van der Waals surface area contributed by atoms with E-state index in [4.69, 9.17) is 8.92 Å². The van der Waals surface area contributed by atoms with Gasteiger partial charge in [0.2, 0.25) is 0 Å². The molecule has 0 radical (unpaired) electrons. The third-order valence-electron chi connectivity index (χ3n) is 3.11. The molecule has 1 saturated heterocycles. The van der Waals surface area contributed by atoms with Crippen LogP contribution in [0.1, 0.15) is 6.92 Å². The van der Waals surface area contributed by atoms with E-state index < -0.39 is 33.8 Å². The van der Waals surface area contributed by atoms with Gasteiger partial charge in [-0.15, -0.1) is 0 Å². The Balaban J connectivity index is 1.97. The number of nitro groups is 1. The summed E-state index contributed by atoms with van der Waals surface area (Å²) in [6.45, 7) is 0.814. The first-order valence-electron chi connectivity index (χ1n) is 6.78. The third kappa shape index (κ3) is 4.26. The number of nitrogens with zero attached hydrogens (tertiary/aromatic N) is 2. The SMILES string of the molecule is CC(=O)CN1C[C@@H](COS(=O)(=O)c2ccc([N+](=O)[O-])cc2)OC1=O. The number of hydrogen-bond donors (Lipinski definition) is 0. The highest BCUT2D eigenvalue weighted by Crippen LogP contribution is 2.19. The van der Waals surface area contributed by atoms with Crippen LogP contribution in [0.2, 0.25) is 0 Å². The molecule has 11 heteroatoms. The van der Waals surface area contributed by atoms with Crippen LogP contribution in [0.5, 0.6) is 0 Å². The number of hydrogen-bond acceptors (Lipinski definition) is 8. The van der Waals surface area contributed by atoms with Gasteiger partial charge in [0.15, 0.2) is 0 Å². The topological polar surface area (TPSA) is 133 Å². The van der Waals surface area contributed by atoms with Crippen LogP contribution < -0.4 is 0 Å². The number of ketones is 1. The fourth-order valence-electron chi connectivity index (χ4n) is 2.03. The number of carbonyl (C=O) groups excluding carboxylic acids is 2. The number of rotatable bonds is 7. The molecule has 1 atom stereocenters. The summed E-state index contributed by atoms with van der Waals surface area (Å²) in [7, 11) is -4.15.